The lowest BCUT2D eigenvalue weighted by atomic mass is 9.79. The number of rotatable bonds is 7. The van der Waals surface area contributed by atoms with Crippen LogP contribution in [0.25, 0.3) is 0 Å². The highest BCUT2D eigenvalue weighted by Crippen LogP contribution is 2.44. The van der Waals surface area contributed by atoms with E-state index < -0.39 is 11.4 Å². The van der Waals surface area contributed by atoms with E-state index in [-0.39, 0.29) is 24.9 Å². The second kappa shape index (κ2) is 8.09. The molecule has 1 fully saturated rings. The van der Waals surface area contributed by atoms with Crippen LogP contribution in [-0.4, -0.2) is 23.1 Å². The van der Waals surface area contributed by atoms with Gasteiger partial charge in [-0.25, -0.2) is 0 Å². The number of aliphatic carboxylic acids is 1. The maximum atomic E-state index is 12.5. The van der Waals surface area contributed by atoms with Gasteiger partial charge in [-0.05, 0) is 50.7 Å². The van der Waals surface area contributed by atoms with Crippen LogP contribution >= 0.6 is 11.6 Å². The van der Waals surface area contributed by atoms with Crippen molar-refractivity contribution >= 4 is 29.2 Å². The number of carbonyl (C=O) groups is 2. The Bertz CT molecular complexity index is 651. The number of hydrogen-bond acceptors (Lipinski definition) is 3. The van der Waals surface area contributed by atoms with Crippen molar-refractivity contribution in [2.45, 2.75) is 65.4 Å². The fourth-order valence-corrected chi connectivity index (χ4v) is 3.79. The summed E-state index contributed by atoms with van der Waals surface area (Å²) in [6.45, 7) is 5.76. The number of carboxylic acid groups (broad SMARTS) is 1. The number of halogens is 1. The standard InChI is InChI=1S/C19H26ClNO4/c1-12(2)25-16-9-15(14(20)8-13(16)3)21-17(22)10-19(11-18(23)24)6-4-5-7-19/h8-9,12H,4-7,10-11H2,1-3H3,(H,21,22)(H,23,24). The van der Waals surface area contributed by atoms with Crippen molar-refractivity contribution in [3.63, 3.8) is 0 Å². The van der Waals surface area contributed by atoms with Crippen molar-refractivity contribution in [2.24, 2.45) is 5.41 Å². The van der Waals surface area contributed by atoms with E-state index in [1.807, 2.05) is 20.8 Å². The Labute approximate surface area is 153 Å². The number of aryl methyl sites for hydroxylation is 1. The monoisotopic (exact) mass is 367 g/mol. The molecule has 0 spiro atoms. The van der Waals surface area contributed by atoms with Crippen molar-refractivity contribution < 1.29 is 19.4 Å². The van der Waals surface area contributed by atoms with Crippen LogP contribution in [-0.2, 0) is 9.59 Å². The van der Waals surface area contributed by atoms with E-state index in [1.165, 1.54) is 0 Å². The second-order valence-corrected chi connectivity index (χ2v) is 7.67. The minimum atomic E-state index is -0.851. The normalized spacial score (nSPS) is 16.0. The highest BCUT2D eigenvalue weighted by molar-refractivity contribution is 6.33. The molecule has 0 unspecified atom stereocenters. The fraction of sp³-hybridized carbons (Fsp3) is 0.579. The van der Waals surface area contributed by atoms with Gasteiger partial charge >= 0.3 is 5.97 Å². The zero-order valence-electron chi connectivity index (χ0n) is 15.0. The van der Waals surface area contributed by atoms with Gasteiger partial charge in [0.2, 0.25) is 5.91 Å². The van der Waals surface area contributed by atoms with Gasteiger partial charge in [0.25, 0.3) is 0 Å². The largest absolute Gasteiger partial charge is 0.491 e. The molecule has 0 aliphatic heterocycles. The number of anilines is 1. The molecule has 0 radical (unpaired) electrons. The maximum absolute atomic E-state index is 12.5. The highest BCUT2D eigenvalue weighted by atomic mass is 35.5. The number of benzene rings is 1. The first-order valence-electron chi connectivity index (χ1n) is 8.69. The van der Waals surface area contributed by atoms with E-state index in [4.69, 9.17) is 21.4 Å². The van der Waals surface area contributed by atoms with Gasteiger partial charge in [-0.3, -0.25) is 9.59 Å². The molecule has 6 heteroatoms. The Kier molecular flexibility index (Phi) is 6.33. The molecule has 2 rings (SSSR count). The summed E-state index contributed by atoms with van der Waals surface area (Å²) in [5.41, 5.74) is 0.955. The van der Waals surface area contributed by atoms with Crippen molar-refractivity contribution in [3.8, 4) is 5.75 Å². The molecular formula is C19H26ClNO4. The summed E-state index contributed by atoms with van der Waals surface area (Å²) in [4.78, 5) is 23.7. The molecule has 1 aromatic carbocycles. The zero-order valence-corrected chi connectivity index (χ0v) is 15.8. The van der Waals surface area contributed by atoms with Gasteiger partial charge < -0.3 is 15.2 Å². The van der Waals surface area contributed by atoms with E-state index in [2.05, 4.69) is 5.32 Å². The fourth-order valence-electron chi connectivity index (χ4n) is 3.53. The summed E-state index contributed by atoms with van der Waals surface area (Å²) in [6.07, 6.45) is 3.73. The Morgan fingerprint density at radius 2 is 1.92 bits per heavy atom. The van der Waals surface area contributed by atoms with E-state index in [0.29, 0.717) is 16.5 Å². The molecule has 1 aliphatic carbocycles. The first-order chi connectivity index (χ1) is 11.7. The molecule has 5 nitrogen and oxygen atoms in total. The minimum Gasteiger partial charge on any atom is -0.491 e. The van der Waals surface area contributed by atoms with Crippen molar-refractivity contribution in [3.05, 3.63) is 22.7 Å². The molecule has 0 saturated heterocycles. The molecule has 1 aliphatic rings. The molecule has 1 amide bonds. The van der Waals surface area contributed by atoms with Gasteiger partial charge in [0, 0.05) is 12.5 Å². The zero-order chi connectivity index (χ0) is 18.6. The van der Waals surface area contributed by atoms with E-state index in [1.54, 1.807) is 12.1 Å². The third kappa shape index (κ3) is 5.36. The molecule has 138 valence electrons. The van der Waals surface area contributed by atoms with Crippen molar-refractivity contribution in [2.75, 3.05) is 5.32 Å². The van der Waals surface area contributed by atoms with Gasteiger partial charge in [0.15, 0.2) is 0 Å². The lowest BCUT2D eigenvalue weighted by Crippen LogP contribution is -2.27. The summed E-state index contributed by atoms with van der Waals surface area (Å²) >= 11 is 6.25. The predicted molar refractivity (Wildman–Crippen MR) is 98.4 cm³/mol. The number of amides is 1. The Morgan fingerprint density at radius 3 is 2.48 bits per heavy atom. The predicted octanol–water partition coefficient (Wildman–Crippen LogP) is 4.80. The van der Waals surface area contributed by atoms with Crippen LogP contribution < -0.4 is 10.1 Å². The third-order valence-corrected chi connectivity index (χ3v) is 4.94. The average molecular weight is 368 g/mol. The second-order valence-electron chi connectivity index (χ2n) is 7.27. The van der Waals surface area contributed by atoms with E-state index >= 15 is 0 Å². The Hall–Kier alpha value is -1.75. The number of nitrogens with one attached hydrogen (secondary N) is 1. The molecule has 0 bridgehead atoms. The van der Waals surface area contributed by atoms with Gasteiger partial charge in [-0.1, -0.05) is 24.4 Å². The first kappa shape index (κ1) is 19.6. The summed E-state index contributed by atoms with van der Waals surface area (Å²) in [5.74, 6) is -0.379. The van der Waals surface area contributed by atoms with Crippen LogP contribution in [0.2, 0.25) is 5.02 Å². The first-order valence-corrected chi connectivity index (χ1v) is 9.07. The molecule has 0 atom stereocenters. The van der Waals surface area contributed by atoms with Gasteiger partial charge in [0.1, 0.15) is 5.75 Å². The smallest absolute Gasteiger partial charge is 0.303 e. The lowest BCUT2D eigenvalue weighted by molar-refractivity contribution is -0.140. The van der Waals surface area contributed by atoms with Crippen molar-refractivity contribution in [1.29, 1.82) is 0 Å². The topological polar surface area (TPSA) is 75.6 Å². The summed E-state index contributed by atoms with van der Waals surface area (Å²) < 4.78 is 5.74. The summed E-state index contributed by atoms with van der Waals surface area (Å²) in [6, 6.07) is 3.49. The average Bonchev–Trinajstić information content (AvgIpc) is 2.90. The number of carboxylic acids is 1. The minimum absolute atomic E-state index is 0.0146. The van der Waals surface area contributed by atoms with Gasteiger partial charge in [-0.15, -0.1) is 0 Å². The summed E-state index contributed by atoms with van der Waals surface area (Å²) in [5, 5.41) is 12.4. The van der Waals surface area contributed by atoms with Gasteiger partial charge in [0.05, 0.1) is 23.2 Å². The van der Waals surface area contributed by atoms with Crippen LogP contribution in [0.4, 0.5) is 5.69 Å². The molecule has 25 heavy (non-hydrogen) atoms. The third-order valence-electron chi connectivity index (χ3n) is 4.63. The highest BCUT2D eigenvalue weighted by Gasteiger charge is 2.38. The molecule has 2 N–H and O–H groups in total. The molecule has 1 saturated carbocycles. The molecule has 0 heterocycles. The Morgan fingerprint density at radius 1 is 1.28 bits per heavy atom. The van der Waals surface area contributed by atoms with Gasteiger partial charge in [-0.2, -0.15) is 0 Å². The maximum Gasteiger partial charge on any atom is 0.303 e. The Balaban J connectivity index is 2.12. The number of hydrogen-bond donors (Lipinski definition) is 2. The molecule has 0 aromatic heterocycles. The van der Waals surface area contributed by atoms with Crippen LogP contribution in [0.5, 0.6) is 5.75 Å². The van der Waals surface area contributed by atoms with Crippen LogP contribution in [0.3, 0.4) is 0 Å². The summed E-state index contributed by atoms with van der Waals surface area (Å²) in [7, 11) is 0. The van der Waals surface area contributed by atoms with Crippen LogP contribution in [0.15, 0.2) is 12.1 Å². The van der Waals surface area contributed by atoms with Crippen LogP contribution in [0.1, 0.15) is 57.9 Å². The molecule has 1 aromatic rings. The van der Waals surface area contributed by atoms with E-state index in [0.717, 1.165) is 31.2 Å². The number of carbonyl (C=O) groups excluding carboxylic acids is 1. The SMILES string of the molecule is Cc1cc(Cl)c(NC(=O)CC2(CC(=O)O)CCCC2)cc1OC(C)C. The lowest BCUT2D eigenvalue weighted by Gasteiger charge is -2.26. The van der Waals surface area contributed by atoms with Crippen molar-refractivity contribution in [1.82, 2.24) is 0 Å². The quantitative estimate of drug-likeness (QED) is 0.725. The number of ether oxygens (including phenoxy) is 1. The molecular weight excluding hydrogens is 342 g/mol. The van der Waals surface area contributed by atoms with E-state index in [9.17, 15) is 9.59 Å². The van der Waals surface area contributed by atoms with Crippen LogP contribution in [0, 0.1) is 12.3 Å².